The van der Waals surface area contributed by atoms with Gasteiger partial charge in [-0.15, -0.1) is 23.1 Å². The molecule has 1 aliphatic heterocycles. The summed E-state index contributed by atoms with van der Waals surface area (Å²) < 4.78 is 10.8. The van der Waals surface area contributed by atoms with Gasteiger partial charge in [-0.05, 0) is 83.0 Å². The fraction of sp³-hybridized carbons (Fsp3) is 0.355. The Morgan fingerprint density at radius 1 is 1.09 bits per heavy atom. The second kappa shape index (κ2) is 13.8. The Bertz CT molecular complexity index is 1530. The van der Waals surface area contributed by atoms with Crippen molar-refractivity contribution in [2.45, 2.75) is 63.3 Å². The minimum atomic E-state index is -0.628. The predicted octanol–water partition coefficient (Wildman–Crippen LogP) is 7.24. The molecule has 0 saturated heterocycles. The maximum absolute atomic E-state index is 13.3. The zero-order valence-electron chi connectivity index (χ0n) is 24.6. The van der Waals surface area contributed by atoms with Crippen LogP contribution < -0.4 is 10.6 Å². The lowest BCUT2D eigenvalue weighted by atomic mass is 10.0. The number of thioether (sulfide) groups is 1. The van der Waals surface area contributed by atoms with Gasteiger partial charge in [0, 0.05) is 32.6 Å². The number of amides is 3. The number of hydrogen-bond donors (Lipinski definition) is 2. The van der Waals surface area contributed by atoms with Crippen molar-refractivity contribution in [3.05, 3.63) is 75.1 Å². The van der Waals surface area contributed by atoms with Crippen molar-refractivity contribution in [1.82, 2.24) is 4.90 Å². The largest absolute Gasteiger partial charge is 0.462 e. The van der Waals surface area contributed by atoms with E-state index in [0.717, 1.165) is 15.3 Å². The highest BCUT2D eigenvalue weighted by molar-refractivity contribution is 8.00. The predicted molar refractivity (Wildman–Crippen MR) is 170 cm³/mol. The maximum atomic E-state index is 13.3. The molecule has 0 fully saturated rings. The van der Waals surface area contributed by atoms with Crippen LogP contribution >= 0.6 is 34.7 Å². The number of nitrogens with one attached hydrogen (secondary N) is 2. The van der Waals surface area contributed by atoms with Crippen LogP contribution in [-0.2, 0) is 27.2 Å². The first kappa shape index (κ1) is 32.4. The van der Waals surface area contributed by atoms with E-state index in [0.29, 0.717) is 39.8 Å². The molecule has 2 N–H and O–H groups in total. The molecule has 1 atom stereocenters. The second-order valence-corrected chi connectivity index (χ2v) is 13.8. The van der Waals surface area contributed by atoms with Crippen molar-refractivity contribution in [3.63, 3.8) is 0 Å². The molecule has 0 aliphatic carbocycles. The summed E-state index contributed by atoms with van der Waals surface area (Å²) >= 11 is 8.59. The molecule has 0 radical (unpaired) electrons. The van der Waals surface area contributed by atoms with Gasteiger partial charge in [-0.1, -0.05) is 23.7 Å². The number of thiophene rings is 1. The summed E-state index contributed by atoms with van der Waals surface area (Å²) in [4.78, 5) is 54.8. The smallest absolute Gasteiger partial charge is 0.410 e. The van der Waals surface area contributed by atoms with Crippen LogP contribution in [0.15, 0.2) is 53.4 Å². The van der Waals surface area contributed by atoms with Crippen LogP contribution in [0.1, 0.15) is 65.8 Å². The van der Waals surface area contributed by atoms with Crippen molar-refractivity contribution in [3.8, 4) is 0 Å². The summed E-state index contributed by atoms with van der Waals surface area (Å²) in [5.41, 5.74) is 1.50. The van der Waals surface area contributed by atoms with Gasteiger partial charge in [0.05, 0.1) is 24.0 Å². The first-order chi connectivity index (χ1) is 20.3. The highest BCUT2D eigenvalue weighted by atomic mass is 35.5. The quantitative estimate of drug-likeness (QED) is 0.196. The van der Waals surface area contributed by atoms with Crippen LogP contribution in [0.3, 0.4) is 0 Å². The van der Waals surface area contributed by atoms with E-state index in [4.69, 9.17) is 21.1 Å². The van der Waals surface area contributed by atoms with Gasteiger partial charge in [0.1, 0.15) is 10.6 Å². The van der Waals surface area contributed by atoms with E-state index in [-0.39, 0.29) is 25.0 Å². The van der Waals surface area contributed by atoms with Crippen LogP contribution in [0.25, 0.3) is 0 Å². The molecule has 12 heteroatoms. The zero-order chi connectivity index (χ0) is 31.3. The lowest BCUT2D eigenvalue weighted by Crippen LogP contribution is -2.39. The molecule has 2 aromatic carbocycles. The van der Waals surface area contributed by atoms with Gasteiger partial charge in [-0.25, -0.2) is 9.59 Å². The van der Waals surface area contributed by atoms with Crippen LogP contribution in [0.4, 0.5) is 15.5 Å². The molecule has 0 saturated carbocycles. The minimum absolute atomic E-state index is 0.192. The van der Waals surface area contributed by atoms with Gasteiger partial charge in [-0.3, -0.25) is 9.59 Å². The molecule has 1 aliphatic rings. The third kappa shape index (κ3) is 8.52. The topological polar surface area (TPSA) is 114 Å². The average molecular weight is 644 g/mol. The van der Waals surface area contributed by atoms with E-state index in [1.165, 1.54) is 23.1 Å². The van der Waals surface area contributed by atoms with Gasteiger partial charge in [0.2, 0.25) is 5.91 Å². The SMILES string of the molecule is CCOC(=O)c1c(NC(=O)C(C)Sc2cccc(NC(=O)c3cccc(Cl)c3)c2)sc2c1CCN(C(=O)OC(C)(C)C)C2. The molecule has 228 valence electrons. The van der Waals surface area contributed by atoms with Gasteiger partial charge in [0.15, 0.2) is 0 Å². The van der Waals surface area contributed by atoms with E-state index in [1.54, 1.807) is 61.2 Å². The third-order valence-electron chi connectivity index (χ3n) is 6.29. The number of halogens is 1. The van der Waals surface area contributed by atoms with Gasteiger partial charge >= 0.3 is 12.1 Å². The number of ether oxygens (including phenoxy) is 2. The number of carbonyl (C=O) groups is 4. The molecular formula is C31H34ClN3O6S2. The lowest BCUT2D eigenvalue weighted by molar-refractivity contribution is -0.115. The van der Waals surface area contributed by atoms with E-state index < -0.39 is 22.9 Å². The Kier molecular flexibility index (Phi) is 10.4. The van der Waals surface area contributed by atoms with Crippen molar-refractivity contribution in [2.24, 2.45) is 0 Å². The minimum Gasteiger partial charge on any atom is -0.462 e. The molecule has 43 heavy (non-hydrogen) atoms. The molecule has 2 heterocycles. The van der Waals surface area contributed by atoms with Gasteiger partial charge in [-0.2, -0.15) is 0 Å². The molecule has 9 nitrogen and oxygen atoms in total. The number of rotatable bonds is 8. The second-order valence-electron chi connectivity index (χ2n) is 10.8. The van der Waals surface area contributed by atoms with Crippen LogP contribution in [-0.4, -0.2) is 52.8 Å². The number of nitrogens with zero attached hydrogens (tertiary/aromatic N) is 1. The number of hydrogen-bond acceptors (Lipinski definition) is 8. The maximum Gasteiger partial charge on any atom is 0.410 e. The number of esters is 1. The molecular weight excluding hydrogens is 610 g/mol. The number of carbonyl (C=O) groups excluding carboxylic acids is 4. The van der Waals surface area contributed by atoms with Crippen molar-refractivity contribution in [1.29, 1.82) is 0 Å². The number of benzene rings is 2. The molecule has 1 unspecified atom stereocenters. The summed E-state index contributed by atoms with van der Waals surface area (Å²) in [7, 11) is 0. The van der Waals surface area contributed by atoms with Crippen molar-refractivity contribution < 1.29 is 28.7 Å². The Balaban J connectivity index is 1.46. The highest BCUT2D eigenvalue weighted by Crippen LogP contribution is 2.39. The van der Waals surface area contributed by atoms with Crippen molar-refractivity contribution in [2.75, 3.05) is 23.8 Å². The van der Waals surface area contributed by atoms with Crippen LogP contribution in [0, 0.1) is 0 Å². The summed E-state index contributed by atoms with van der Waals surface area (Å²) in [6.45, 7) is 9.77. The van der Waals surface area contributed by atoms with Crippen LogP contribution in [0.2, 0.25) is 5.02 Å². The van der Waals surface area contributed by atoms with Gasteiger partial charge in [0.25, 0.3) is 5.91 Å². The molecule has 0 bridgehead atoms. The summed E-state index contributed by atoms with van der Waals surface area (Å²) in [5, 5.41) is 6.11. The highest BCUT2D eigenvalue weighted by Gasteiger charge is 2.33. The van der Waals surface area contributed by atoms with Crippen LogP contribution in [0.5, 0.6) is 0 Å². The molecule has 0 spiro atoms. The number of fused-ring (bicyclic) bond motifs is 1. The first-order valence-corrected chi connectivity index (χ1v) is 15.9. The lowest BCUT2D eigenvalue weighted by Gasteiger charge is -2.30. The molecule has 3 aromatic rings. The van der Waals surface area contributed by atoms with E-state index in [1.807, 2.05) is 26.8 Å². The number of anilines is 2. The third-order valence-corrected chi connectivity index (χ3v) is 8.75. The fourth-order valence-corrected chi connectivity index (χ4v) is 6.72. The fourth-order valence-electron chi connectivity index (χ4n) is 4.34. The summed E-state index contributed by atoms with van der Waals surface area (Å²) in [6.07, 6.45) is 0.0124. The van der Waals surface area contributed by atoms with E-state index in [2.05, 4.69) is 10.6 Å². The average Bonchev–Trinajstić information content (AvgIpc) is 3.29. The summed E-state index contributed by atoms with van der Waals surface area (Å²) in [6, 6.07) is 13.9. The Morgan fingerprint density at radius 3 is 2.53 bits per heavy atom. The summed E-state index contributed by atoms with van der Waals surface area (Å²) in [5.74, 6) is -1.11. The first-order valence-electron chi connectivity index (χ1n) is 13.8. The normalized spacial score (nSPS) is 13.5. The Hall–Kier alpha value is -3.54. The standard InChI is InChI=1S/C31H34ClN3O6S2/c1-6-40-29(38)25-23-13-14-35(30(39)41-31(3,4)5)17-24(23)43-28(25)34-26(36)18(2)42-22-12-8-11-21(16-22)33-27(37)19-9-7-10-20(32)15-19/h7-12,15-16,18H,6,13-14,17H2,1-5H3,(H,33,37)(H,34,36). The molecule has 4 rings (SSSR count). The molecule has 3 amide bonds. The monoisotopic (exact) mass is 643 g/mol. The Morgan fingerprint density at radius 2 is 1.84 bits per heavy atom. The van der Waals surface area contributed by atoms with Crippen molar-refractivity contribution >= 4 is 69.3 Å². The van der Waals surface area contributed by atoms with Gasteiger partial charge < -0.3 is 25.0 Å². The zero-order valence-corrected chi connectivity index (χ0v) is 27.0. The molecule has 1 aromatic heterocycles. The Labute approximate surface area is 264 Å². The van der Waals surface area contributed by atoms with E-state index in [9.17, 15) is 19.2 Å². The van der Waals surface area contributed by atoms with E-state index >= 15 is 0 Å².